The predicted molar refractivity (Wildman–Crippen MR) is 114 cm³/mol. The van der Waals surface area contributed by atoms with Crippen LogP contribution in [0.3, 0.4) is 0 Å². The van der Waals surface area contributed by atoms with E-state index in [9.17, 15) is 9.59 Å². The summed E-state index contributed by atoms with van der Waals surface area (Å²) in [6.07, 6.45) is 3.79. The van der Waals surface area contributed by atoms with Gasteiger partial charge in [0.05, 0.1) is 0 Å². The maximum atomic E-state index is 15.5. The van der Waals surface area contributed by atoms with Crippen molar-refractivity contribution in [1.29, 1.82) is 0 Å². The Morgan fingerprint density at radius 1 is 1.31 bits per heavy atom. The van der Waals surface area contributed by atoms with Crippen LogP contribution in [0.25, 0.3) is 10.9 Å². The quantitative estimate of drug-likeness (QED) is 0.519. The molecule has 156 valence electrons. The number of fused-ring (bicyclic) bond motifs is 1. The molecule has 2 aliphatic carbocycles. The molecule has 1 aromatic carbocycles. The molecule has 1 aromatic heterocycles. The summed E-state index contributed by atoms with van der Waals surface area (Å²) in [5.41, 5.74) is 0.938. The summed E-state index contributed by atoms with van der Waals surface area (Å²) in [5, 5.41) is 3.77. The van der Waals surface area contributed by atoms with E-state index in [2.05, 4.69) is 12.2 Å². The number of aromatic nitrogens is 2. The van der Waals surface area contributed by atoms with Gasteiger partial charge in [-0.3, -0.25) is 0 Å². The molecule has 0 radical (unpaired) electrons. The molecule has 3 aliphatic rings. The summed E-state index contributed by atoms with van der Waals surface area (Å²) in [4.78, 5) is 25.4. The zero-order valence-corrected chi connectivity index (χ0v) is 19.3. The van der Waals surface area contributed by atoms with Crippen LogP contribution in [0.4, 0.5) is 4.39 Å². The van der Waals surface area contributed by atoms with Crippen molar-refractivity contribution >= 4 is 27.8 Å². The van der Waals surface area contributed by atoms with Gasteiger partial charge in [-0.05, 0) is 0 Å². The molecule has 5 rings (SSSR count). The molecule has 2 saturated carbocycles. The molecular formula is C21H28AsFN4O2. The van der Waals surface area contributed by atoms with Crippen molar-refractivity contribution < 1.29 is 4.39 Å². The van der Waals surface area contributed by atoms with E-state index in [-0.39, 0.29) is 28.6 Å². The Bertz CT molecular complexity index is 1140. The first-order chi connectivity index (χ1) is 13.8. The molecule has 8 heteroatoms. The summed E-state index contributed by atoms with van der Waals surface area (Å²) in [6, 6.07) is 1.37. The third-order valence-electron chi connectivity index (χ3n) is 7.88. The standard InChI is InChI=1S/C21H28AsFN4O2/c1-10-17(14-5-6-21(14)9-25-8-15(22)11(21)2)16(23)7-13-18(10)26(12-3-4-12)20(29)27(24)19(13)28/h7,11-12,14-15,25H,3-6,8-9,22,24H2,1-2H3/t11-,14?,15?,21?/m1/s1. The maximum absolute atomic E-state index is 15.5. The number of hydrogen-bond acceptors (Lipinski definition) is 4. The summed E-state index contributed by atoms with van der Waals surface area (Å²) < 4.78 is 18.3. The van der Waals surface area contributed by atoms with Gasteiger partial charge in [-0.1, -0.05) is 0 Å². The van der Waals surface area contributed by atoms with Gasteiger partial charge in [-0.2, -0.15) is 0 Å². The zero-order valence-electron chi connectivity index (χ0n) is 16.9. The van der Waals surface area contributed by atoms with Gasteiger partial charge in [0.15, 0.2) is 0 Å². The Balaban J connectivity index is 1.76. The Morgan fingerprint density at radius 3 is 2.66 bits per heavy atom. The van der Waals surface area contributed by atoms with Crippen LogP contribution in [0.1, 0.15) is 55.7 Å². The second-order valence-electron chi connectivity index (χ2n) is 9.26. The van der Waals surface area contributed by atoms with Crippen LogP contribution >= 0.6 is 0 Å². The van der Waals surface area contributed by atoms with Crippen LogP contribution in [-0.4, -0.2) is 39.2 Å². The first-order valence-electron chi connectivity index (χ1n) is 10.5. The molecule has 1 saturated heterocycles. The van der Waals surface area contributed by atoms with Crippen LogP contribution in [-0.2, 0) is 0 Å². The molecule has 2 aromatic rings. The number of piperidine rings is 1. The SMILES string of the molecule is Cc1c(C2CCC23CNCC([AsH2])[C@H]3C)c(F)cc2c(=O)n(N)c(=O)n(C3CC3)c12. The van der Waals surface area contributed by atoms with Gasteiger partial charge < -0.3 is 0 Å². The number of aryl methyl sites for hydroxylation is 1. The van der Waals surface area contributed by atoms with Crippen molar-refractivity contribution in [3.63, 3.8) is 0 Å². The molecule has 0 amide bonds. The van der Waals surface area contributed by atoms with Gasteiger partial charge in [0.2, 0.25) is 0 Å². The van der Waals surface area contributed by atoms with Crippen molar-refractivity contribution in [2.24, 2.45) is 11.3 Å². The minimum absolute atomic E-state index is 0.0470. The van der Waals surface area contributed by atoms with Gasteiger partial charge in [-0.15, -0.1) is 0 Å². The van der Waals surface area contributed by atoms with Crippen LogP contribution in [0.2, 0.25) is 4.71 Å². The summed E-state index contributed by atoms with van der Waals surface area (Å²) in [6.45, 7) is 6.10. The van der Waals surface area contributed by atoms with Crippen LogP contribution in [0, 0.1) is 24.1 Å². The molecule has 29 heavy (non-hydrogen) atoms. The molecule has 0 bridgehead atoms. The van der Waals surface area contributed by atoms with Gasteiger partial charge in [0, 0.05) is 0 Å². The van der Waals surface area contributed by atoms with E-state index < -0.39 is 11.2 Å². The monoisotopic (exact) mass is 462 g/mol. The van der Waals surface area contributed by atoms with Crippen molar-refractivity contribution in [2.75, 3.05) is 18.9 Å². The van der Waals surface area contributed by atoms with E-state index in [1.807, 2.05) is 6.92 Å². The fourth-order valence-electron chi connectivity index (χ4n) is 5.87. The molecule has 1 spiro atoms. The second-order valence-corrected chi connectivity index (χ2v) is 11.1. The third-order valence-corrected chi connectivity index (χ3v) is 9.59. The van der Waals surface area contributed by atoms with E-state index in [0.717, 1.165) is 44.3 Å². The molecule has 4 unspecified atom stereocenters. The number of nitrogen functional groups attached to an aromatic ring is 1. The molecular weight excluding hydrogens is 434 g/mol. The number of benzene rings is 1. The van der Waals surface area contributed by atoms with Crippen LogP contribution in [0.5, 0.6) is 0 Å². The fraction of sp³-hybridized carbons (Fsp3) is 0.619. The normalized spacial score (nSPS) is 31.9. The number of nitrogens with one attached hydrogen (secondary N) is 1. The van der Waals surface area contributed by atoms with Crippen LogP contribution < -0.4 is 22.4 Å². The number of hydrogen-bond donors (Lipinski definition) is 2. The topological polar surface area (TPSA) is 82.1 Å². The summed E-state index contributed by atoms with van der Waals surface area (Å²) in [7, 11) is 0. The van der Waals surface area contributed by atoms with Gasteiger partial charge >= 0.3 is 177 Å². The summed E-state index contributed by atoms with van der Waals surface area (Å²) in [5.74, 6) is 6.02. The third kappa shape index (κ3) is 2.56. The molecule has 1 aliphatic heterocycles. The first kappa shape index (κ1) is 19.4. The molecule has 6 nitrogen and oxygen atoms in total. The summed E-state index contributed by atoms with van der Waals surface area (Å²) >= 11 is 1.75. The number of rotatable bonds is 2. The molecule has 3 fully saturated rings. The van der Waals surface area contributed by atoms with E-state index in [0.29, 0.717) is 26.4 Å². The van der Waals surface area contributed by atoms with E-state index >= 15 is 4.39 Å². The number of nitrogens with two attached hydrogens (primary N) is 1. The Morgan fingerprint density at radius 2 is 2.03 bits per heavy atom. The Hall–Kier alpha value is -1.59. The first-order valence-corrected chi connectivity index (χ1v) is 11.9. The second kappa shape index (κ2) is 6.45. The average molecular weight is 462 g/mol. The van der Waals surface area contributed by atoms with Gasteiger partial charge in [0.1, 0.15) is 0 Å². The zero-order chi connectivity index (χ0) is 20.7. The number of nitrogens with zero attached hydrogens (tertiary/aromatic N) is 2. The fourth-order valence-corrected chi connectivity index (χ4v) is 7.02. The predicted octanol–water partition coefficient (Wildman–Crippen LogP) is 1.18. The van der Waals surface area contributed by atoms with Crippen molar-refractivity contribution in [2.45, 2.75) is 56.2 Å². The minimum atomic E-state index is -0.622. The van der Waals surface area contributed by atoms with E-state index in [4.69, 9.17) is 5.84 Å². The van der Waals surface area contributed by atoms with Crippen molar-refractivity contribution in [1.82, 2.24) is 14.6 Å². The Labute approximate surface area is 177 Å². The van der Waals surface area contributed by atoms with Crippen molar-refractivity contribution in [3.8, 4) is 0 Å². The van der Waals surface area contributed by atoms with Gasteiger partial charge in [0.25, 0.3) is 0 Å². The van der Waals surface area contributed by atoms with E-state index in [1.54, 1.807) is 21.4 Å². The van der Waals surface area contributed by atoms with Crippen LogP contribution in [0.15, 0.2) is 15.7 Å². The number of halogens is 1. The molecule has 2 heterocycles. The average Bonchev–Trinajstić information content (AvgIpc) is 3.50. The van der Waals surface area contributed by atoms with Gasteiger partial charge in [-0.25, -0.2) is 0 Å². The molecule has 3 N–H and O–H groups in total. The van der Waals surface area contributed by atoms with E-state index in [1.165, 1.54) is 6.07 Å². The molecule has 5 atom stereocenters. The van der Waals surface area contributed by atoms with Crippen molar-refractivity contribution in [3.05, 3.63) is 43.8 Å². The Kier molecular flexibility index (Phi) is 4.31.